The second-order valence-electron chi connectivity index (χ2n) is 2.61. The van der Waals surface area contributed by atoms with Gasteiger partial charge in [0.1, 0.15) is 0 Å². The summed E-state index contributed by atoms with van der Waals surface area (Å²) in [5, 5.41) is 20.1. The van der Waals surface area contributed by atoms with Crippen LogP contribution in [0.1, 0.15) is 25.7 Å². The van der Waals surface area contributed by atoms with E-state index in [2.05, 4.69) is 5.32 Å². The van der Waals surface area contributed by atoms with E-state index in [-0.39, 0.29) is 6.61 Å². The van der Waals surface area contributed by atoms with Gasteiger partial charge in [0.15, 0.2) is 0 Å². The Kier molecular flexibility index (Phi) is 9.77. The maximum atomic E-state index is 8.45. The summed E-state index contributed by atoms with van der Waals surface area (Å²) in [7, 11) is 0. The van der Waals surface area contributed by atoms with Crippen LogP contribution in [-0.4, -0.2) is 36.5 Å². The van der Waals surface area contributed by atoms with E-state index >= 15 is 0 Å². The minimum Gasteiger partial charge on any atom is -0.396 e. The van der Waals surface area contributed by atoms with Gasteiger partial charge in [-0.2, -0.15) is 0 Å². The van der Waals surface area contributed by atoms with Gasteiger partial charge in [0.05, 0.1) is 0 Å². The third kappa shape index (κ3) is 9.88. The normalized spacial score (nSPS) is 10.4. The van der Waals surface area contributed by atoms with Crippen molar-refractivity contribution in [2.24, 2.45) is 0 Å². The molecule has 0 heterocycles. The summed E-state index contributed by atoms with van der Waals surface area (Å²) in [6.07, 6.45) is 3.94. The van der Waals surface area contributed by atoms with Crippen molar-refractivity contribution in [3.05, 3.63) is 0 Å². The fraction of sp³-hybridized carbons (Fsp3) is 1.00. The van der Waals surface area contributed by atoms with Gasteiger partial charge < -0.3 is 15.5 Å². The molecule has 0 aliphatic carbocycles. The molecule has 0 radical (unpaired) electrons. The number of aliphatic hydroxyl groups is 2. The van der Waals surface area contributed by atoms with E-state index in [1.807, 2.05) is 0 Å². The molecular formula is C8H19NO2. The third-order valence-corrected chi connectivity index (χ3v) is 1.52. The van der Waals surface area contributed by atoms with Crippen LogP contribution < -0.4 is 5.32 Å². The Labute approximate surface area is 68.4 Å². The van der Waals surface area contributed by atoms with E-state index in [0.717, 1.165) is 38.8 Å². The molecule has 0 atom stereocenters. The van der Waals surface area contributed by atoms with Gasteiger partial charge in [-0.3, -0.25) is 0 Å². The van der Waals surface area contributed by atoms with Crippen LogP contribution in [0.5, 0.6) is 0 Å². The summed E-state index contributed by atoms with van der Waals surface area (Å²) in [6.45, 7) is 2.47. The van der Waals surface area contributed by atoms with Crippen LogP contribution in [0.4, 0.5) is 0 Å². The highest BCUT2D eigenvalue weighted by Crippen LogP contribution is 1.91. The molecule has 68 valence electrons. The molecule has 0 rings (SSSR count). The first kappa shape index (κ1) is 10.9. The molecule has 0 amide bonds. The van der Waals surface area contributed by atoms with Crippen molar-refractivity contribution in [3.63, 3.8) is 0 Å². The van der Waals surface area contributed by atoms with Crippen molar-refractivity contribution in [1.29, 1.82) is 0 Å². The predicted molar refractivity (Wildman–Crippen MR) is 45.5 cm³/mol. The van der Waals surface area contributed by atoms with Crippen LogP contribution in [-0.2, 0) is 0 Å². The number of rotatable bonds is 8. The van der Waals surface area contributed by atoms with Gasteiger partial charge in [0.25, 0.3) is 0 Å². The van der Waals surface area contributed by atoms with Gasteiger partial charge in [-0.05, 0) is 38.8 Å². The minimum atomic E-state index is 0.268. The molecule has 0 aromatic heterocycles. The summed E-state index contributed by atoms with van der Waals surface area (Å²) < 4.78 is 0. The van der Waals surface area contributed by atoms with Crippen molar-refractivity contribution < 1.29 is 10.2 Å². The summed E-state index contributed by atoms with van der Waals surface area (Å²) >= 11 is 0. The van der Waals surface area contributed by atoms with Crippen LogP contribution in [0.3, 0.4) is 0 Å². The van der Waals surface area contributed by atoms with E-state index in [1.165, 1.54) is 0 Å². The first-order valence-electron chi connectivity index (χ1n) is 4.34. The highest BCUT2D eigenvalue weighted by atomic mass is 16.3. The Morgan fingerprint density at radius 2 is 1.36 bits per heavy atom. The lowest BCUT2D eigenvalue weighted by molar-refractivity contribution is 0.280. The fourth-order valence-electron chi connectivity index (χ4n) is 0.868. The van der Waals surface area contributed by atoms with E-state index in [1.54, 1.807) is 0 Å². The predicted octanol–water partition coefficient (Wildman–Crippen LogP) is 0.121. The maximum absolute atomic E-state index is 8.45. The standard InChI is InChI=1S/C8H19NO2/c10-7-3-1-2-5-9-6-4-8-11/h9-11H,1-8H2. The molecular weight excluding hydrogens is 142 g/mol. The lowest BCUT2D eigenvalue weighted by Crippen LogP contribution is -2.17. The number of unbranched alkanes of at least 4 members (excludes halogenated alkanes) is 2. The Morgan fingerprint density at radius 1 is 0.727 bits per heavy atom. The molecule has 11 heavy (non-hydrogen) atoms. The van der Waals surface area contributed by atoms with Crippen molar-refractivity contribution in [1.82, 2.24) is 5.32 Å². The lowest BCUT2D eigenvalue weighted by Gasteiger charge is -2.01. The number of hydrogen-bond acceptors (Lipinski definition) is 3. The number of aliphatic hydroxyl groups excluding tert-OH is 2. The Morgan fingerprint density at radius 3 is 2.00 bits per heavy atom. The molecule has 0 unspecified atom stereocenters. The second-order valence-corrected chi connectivity index (χ2v) is 2.61. The molecule has 3 nitrogen and oxygen atoms in total. The highest BCUT2D eigenvalue weighted by Gasteiger charge is 1.87. The van der Waals surface area contributed by atoms with Crippen LogP contribution in [0.15, 0.2) is 0 Å². The van der Waals surface area contributed by atoms with Gasteiger partial charge in [-0.15, -0.1) is 0 Å². The van der Waals surface area contributed by atoms with Gasteiger partial charge in [0, 0.05) is 13.2 Å². The summed E-state index contributed by atoms with van der Waals surface area (Å²) in [6, 6.07) is 0. The van der Waals surface area contributed by atoms with Crippen molar-refractivity contribution >= 4 is 0 Å². The first-order chi connectivity index (χ1) is 5.41. The quantitative estimate of drug-likeness (QED) is 0.443. The van der Waals surface area contributed by atoms with E-state index in [9.17, 15) is 0 Å². The Balaban J connectivity index is 2.69. The lowest BCUT2D eigenvalue weighted by atomic mass is 10.2. The zero-order chi connectivity index (χ0) is 8.36. The first-order valence-corrected chi connectivity index (χ1v) is 4.34. The zero-order valence-electron chi connectivity index (χ0n) is 7.05. The molecule has 0 aromatic rings. The highest BCUT2D eigenvalue weighted by molar-refractivity contribution is 4.47. The van der Waals surface area contributed by atoms with Gasteiger partial charge >= 0.3 is 0 Å². The van der Waals surface area contributed by atoms with E-state index in [0.29, 0.717) is 6.61 Å². The van der Waals surface area contributed by atoms with Crippen LogP contribution in [0, 0.1) is 0 Å². The third-order valence-electron chi connectivity index (χ3n) is 1.52. The largest absolute Gasteiger partial charge is 0.396 e. The van der Waals surface area contributed by atoms with Crippen molar-refractivity contribution in [2.75, 3.05) is 26.3 Å². The molecule has 3 N–H and O–H groups in total. The average molecular weight is 161 g/mol. The zero-order valence-corrected chi connectivity index (χ0v) is 7.05. The van der Waals surface area contributed by atoms with Gasteiger partial charge in [-0.1, -0.05) is 0 Å². The minimum absolute atomic E-state index is 0.268. The topological polar surface area (TPSA) is 52.5 Å². The molecule has 0 fully saturated rings. The van der Waals surface area contributed by atoms with Crippen LogP contribution in [0.25, 0.3) is 0 Å². The summed E-state index contributed by atoms with van der Waals surface area (Å²) in [4.78, 5) is 0. The van der Waals surface area contributed by atoms with Crippen molar-refractivity contribution in [3.8, 4) is 0 Å². The Hall–Kier alpha value is -0.120. The van der Waals surface area contributed by atoms with E-state index < -0.39 is 0 Å². The molecule has 3 heteroatoms. The average Bonchev–Trinajstić information content (AvgIpc) is 2.03. The van der Waals surface area contributed by atoms with E-state index in [4.69, 9.17) is 10.2 Å². The maximum Gasteiger partial charge on any atom is 0.0443 e. The monoisotopic (exact) mass is 161 g/mol. The van der Waals surface area contributed by atoms with Crippen LogP contribution in [0.2, 0.25) is 0 Å². The molecule has 0 aromatic carbocycles. The summed E-state index contributed by atoms with van der Waals surface area (Å²) in [5.41, 5.74) is 0. The fourth-order valence-corrected chi connectivity index (χ4v) is 0.868. The second kappa shape index (κ2) is 9.88. The van der Waals surface area contributed by atoms with Crippen LogP contribution >= 0.6 is 0 Å². The summed E-state index contributed by atoms with van der Waals surface area (Å²) in [5.74, 6) is 0. The number of hydrogen-bond donors (Lipinski definition) is 3. The van der Waals surface area contributed by atoms with Gasteiger partial charge in [-0.25, -0.2) is 0 Å². The molecule has 0 saturated carbocycles. The van der Waals surface area contributed by atoms with Crippen molar-refractivity contribution in [2.45, 2.75) is 25.7 Å². The van der Waals surface area contributed by atoms with Gasteiger partial charge in [0.2, 0.25) is 0 Å². The SMILES string of the molecule is OCCCCCNCCCO. The molecule has 0 saturated heterocycles. The molecule has 0 aliphatic heterocycles. The molecule has 0 bridgehead atoms. The molecule has 0 aliphatic rings. The smallest absolute Gasteiger partial charge is 0.0443 e. The molecule has 0 spiro atoms. The number of nitrogens with one attached hydrogen (secondary N) is 1. The Bertz CT molecular complexity index is 61.1.